The van der Waals surface area contributed by atoms with Gasteiger partial charge in [-0.15, -0.1) is 21.5 Å². The van der Waals surface area contributed by atoms with Crippen molar-refractivity contribution in [3.05, 3.63) is 75.9 Å². The molecule has 1 atom stereocenters. The van der Waals surface area contributed by atoms with Crippen molar-refractivity contribution in [3.63, 3.8) is 0 Å². The molecule has 4 aromatic rings. The number of Topliss-reactive ketones (excluding diaryl/α,β-unsaturated/α-hetero) is 1. The van der Waals surface area contributed by atoms with Gasteiger partial charge in [0.2, 0.25) is 0 Å². The monoisotopic (exact) mass is 480 g/mol. The largest absolute Gasteiger partial charge is 0.465 e. The van der Waals surface area contributed by atoms with Crippen molar-refractivity contribution >= 4 is 34.9 Å². The molecule has 170 valence electrons. The number of hydrogen-bond acceptors (Lipinski definition) is 7. The summed E-state index contributed by atoms with van der Waals surface area (Å²) in [6, 6.07) is 14.1. The molecule has 0 spiro atoms. The van der Waals surface area contributed by atoms with E-state index >= 15 is 0 Å². The number of thioether (sulfide) groups is 1. The van der Waals surface area contributed by atoms with Gasteiger partial charge in [0.1, 0.15) is 0 Å². The van der Waals surface area contributed by atoms with E-state index in [-0.39, 0.29) is 5.78 Å². The highest BCUT2D eigenvalue weighted by Gasteiger charge is 2.27. The molecule has 0 bridgehead atoms. The van der Waals surface area contributed by atoms with Crippen molar-refractivity contribution in [1.82, 2.24) is 19.7 Å². The Labute approximate surface area is 200 Å². The van der Waals surface area contributed by atoms with Crippen LogP contribution in [0, 0.1) is 13.8 Å². The third-order valence-corrected chi connectivity index (χ3v) is 7.31. The number of rotatable bonds is 8. The molecular formula is C24H24N4O3S2. The highest BCUT2D eigenvalue weighted by Crippen LogP contribution is 2.32. The molecule has 0 aliphatic heterocycles. The van der Waals surface area contributed by atoms with Gasteiger partial charge in [0.15, 0.2) is 16.8 Å². The van der Waals surface area contributed by atoms with Crippen molar-refractivity contribution in [2.45, 2.75) is 37.7 Å². The zero-order chi connectivity index (χ0) is 23.5. The van der Waals surface area contributed by atoms with E-state index < -0.39 is 11.2 Å². The van der Waals surface area contributed by atoms with Gasteiger partial charge in [-0.1, -0.05) is 48.2 Å². The predicted octanol–water partition coefficient (Wildman–Crippen LogP) is 5.15. The summed E-state index contributed by atoms with van der Waals surface area (Å²) >= 11 is 2.96. The summed E-state index contributed by atoms with van der Waals surface area (Å²) in [4.78, 5) is 29.5. The van der Waals surface area contributed by atoms with E-state index in [2.05, 4.69) is 27.3 Å². The smallest absolute Gasteiger partial charge is 0.339 e. The molecule has 0 saturated carbocycles. The van der Waals surface area contributed by atoms with Gasteiger partial charge in [-0.25, -0.2) is 4.79 Å². The first-order valence-corrected chi connectivity index (χ1v) is 12.2. The zero-order valence-electron chi connectivity index (χ0n) is 18.8. The summed E-state index contributed by atoms with van der Waals surface area (Å²) in [7, 11) is 1.33. The van der Waals surface area contributed by atoms with E-state index in [9.17, 15) is 9.59 Å². The molecule has 0 aliphatic rings. The standard InChI is InChI=1S/C24H24N4O3S2/c1-14-19(23(30)31-4)15(2)25-20(14)21(29)16(3)33-24-27-26-22(18-11-8-12-32-18)28(24)13-17-9-6-5-7-10-17/h5-12,16,25H,13H2,1-4H3/t16-/m1/s1. The van der Waals surface area contributed by atoms with Crippen LogP contribution in [0.25, 0.3) is 10.7 Å². The Morgan fingerprint density at radius 3 is 2.58 bits per heavy atom. The summed E-state index contributed by atoms with van der Waals surface area (Å²) in [5, 5.41) is 11.1. The lowest BCUT2D eigenvalue weighted by Gasteiger charge is -2.13. The molecule has 0 unspecified atom stereocenters. The fraction of sp³-hybridized carbons (Fsp3) is 0.250. The Balaban J connectivity index is 1.64. The summed E-state index contributed by atoms with van der Waals surface area (Å²) < 4.78 is 6.91. The van der Waals surface area contributed by atoms with E-state index in [4.69, 9.17) is 4.74 Å². The number of benzene rings is 1. The van der Waals surface area contributed by atoms with Crippen LogP contribution in [-0.4, -0.2) is 43.9 Å². The summed E-state index contributed by atoms with van der Waals surface area (Å²) in [5.74, 6) is 0.211. The van der Waals surface area contributed by atoms with Crippen molar-refractivity contribution in [2.24, 2.45) is 0 Å². The number of nitrogens with zero attached hydrogens (tertiary/aromatic N) is 3. The quantitative estimate of drug-likeness (QED) is 0.213. The SMILES string of the molecule is COC(=O)c1c(C)[nH]c(C(=O)[C@@H](C)Sc2nnc(-c3cccs3)n2Cc2ccccc2)c1C. The van der Waals surface area contributed by atoms with Gasteiger partial charge in [0, 0.05) is 5.69 Å². The normalized spacial score (nSPS) is 12.0. The fourth-order valence-electron chi connectivity index (χ4n) is 3.69. The minimum atomic E-state index is -0.455. The fourth-order valence-corrected chi connectivity index (χ4v) is 5.32. The number of hydrogen-bond donors (Lipinski definition) is 1. The van der Waals surface area contributed by atoms with Gasteiger partial charge < -0.3 is 9.72 Å². The topological polar surface area (TPSA) is 89.9 Å². The number of carbonyl (C=O) groups excluding carboxylic acids is 2. The van der Waals surface area contributed by atoms with E-state index in [0.717, 1.165) is 16.3 Å². The molecule has 4 rings (SSSR count). The van der Waals surface area contributed by atoms with Gasteiger partial charge in [-0.3, -0.25) is 9.36 Å². The molecule has 0 fully saturated rings. The minimum Gasteiger partial charge on any atom is -0.465 e. The maximum Gasteiger partial charge on any atom is 0.339 e. The van der Waals surface area contributed by atoms with Crippen molar-refractivity contribution in [2.75, 3.05) is 7.11 Å². The molecule has 0 radical (unpaired) electrons. The maximum absolute atomic E-state index is 13.3. The van der Waals surface area contributed by atoms with E-state index in [1.165, 1.54) is 18.9 Å². The van der Waals surface area contributed by atoms with Gasteiger partial charge >= 0.3 is 5.97 Å². The number of ketones is 1. The van der Waals surface area contributed by atoms with Crippen LogP contribution < -0.4 is 0 Å². The number of thiophene rings is 1. The van der Waals surface area contributed by atoms with E-state index in [1.807, 2.05) is 47.2 Å². The Kier molecular flexibility index (Phi) is 6.80. The van der Waals surface area contributed by atoms with Gasteiger partial charge in [0.25, 0.3) is 0 Å². The van der Waals surface area contributed by atoms with Crippen molar-refractivity contribution in [3.8, 4) is 10.7 Å². The second kappa shape index (κ2) is 9.76. The first-order chi connectivity index (χ1) is 15.9. The number of H-pyrrole nitrogens is 1. The highest BCUT2D eigenvalue weighted by atomic mass is 32.2. The van der Waals surface area contributed by atoms with Gasteiger partial charge in [-0.05, 0) is 43.3 Å². The molecule has 9 heteroatoms. The van der Waals surface area contributed by atoms with Gasteiger partial charge in [0.05, 0.1) is 35.0 Å². The lowest BCUT2D eigenvalue weighted by atomic mass is 10.1. The molecule has 3 aromatic heterocycles. The van der Waals surface area contributed by atoms with Crippen LogP contribution in [0.5, 0.6) is 0 Å². The number of carbonyl (C=O) groups is 2. The number of aromatic nitrogens is 4. The molecule has 0 aliphatic carbocycles. The van der Waals surface area contributed by atoms with Crippen LogP contribution in [0.1, 0.15) is 44.6 Å². The number of nitrogens with one attached hydrogen (secondary N) is 1. The summed E-state index contributed by atoms with van der Waals surface area (Å²) in [5.41, 5.74) is 3.16. The first kappa shape index (κ1) is 23.0. The molecule has 7 nitrogen and oxygen atoms in total. The molecular weight excluding hydrogens is 456 g/mol. The Morgan fingerprint density at radius 2 is 1.91 bits per heavy atom. The third kappa shape index (κ3) is 4.65. The second-order valence-corrected chi connectivity index (χ2v) is 9.85. The highest BCUT2D eigenvalue weighted by molar-refractivity contribution is 8.00. The maximum atomic E-state index is 13.3. The van der Waals surface area contributed by atoms with E-state index in [0.29, 0.717) is 34.2 Å². The number of aromatic amines is 1. The molecule has 0 amide bonds. The Bertz CT molecular complexity index is 1280. The number of aryl methyl sites for hydroxylation is 1. The van der Waals surface area contributed by atoms with Crippen LogP contribution in [0.4, 0.5) is 0 Å². The zero-order valence-corrected chi connectivity index (χ0v) is 20.4. The predicted molar refractivity (Wildman–Crippen MR) is 130 cm³/mol. The van der Waals surface area contributed by atoms with Gasteiger partial charge in [-0.2, -0.15) is 0 Å². The molecule has 1 aromatic carbocycles. The minimum absolute atomic E-state index is 0.109. The Hall–Kier alpha value is -3.17. The van der Waals surface area contributed by atoms with Crippen LogP contribution >= 0.6 is 23.1 Å². The third-order valence-electron chi connectivity index (χ3n) is 5.37. The van der Waals surface area contributed by atoms with Crippen LogP contribution in [0.3, 0.4) is 0 Å². The summed E-state index contributed by atoms with van der Waals surface area (Å²) in [6.07, 6.45) is 0. The average molecular weight is 481 g/mol. The molecule has 0 saturated heterocycles. The lowest BCUT2D eigenvalue weighted by Crippen LogP contribution is -2.17. The summed E-state index contributed by atoms with van der Waals surface area (Å²) in [6.45, 7) is 5.95. The molecule has 33 heavy (non-hydrogen) atoms. The van der Waals surface area contributed by atoms with Crippen molar-refractivity contribution < 1.29 is 14.3 Å². The number of ether oxygens (including phenoxy) is 1. The van der Waals surface area contributed by atoms with Crippen LogP contribution in [-0.2, 0) is 11.3 Å². The molecule has 1 N–H and O–H groups in total. The second-order valence-electron chi connectivity index (χ2n) is 7.60. The van der Waals surface area contributed by atoms with E-state index in [1.54, 1.807) is 25.2 Å². The average Bonchev–Trinajstić information content (AvgIpc) is 3.54. The number of esters is 1. The van der Waals surface area contributed by atoms with Crippen molar-refractivity contribution in [1.29, 1.82) is 0 Å². The van der Waals surface area contributed by atoms with Crippen LogP contribution in [0.15, 0.2) is 53.0 Å². The van der Waals surface area contributed by atoms with Crippen LogP contribution in [0.2, 0.25) is 0 Å². The number of methoxy groups -OCH3 is 1. The molecule has 3 heterocycles. The first-order valence-electron chi connectivity index (χ1n) is 10.4. The Morgan fingerprint density at radius 1 is 1.15 bits per heavy atom. The lowest BCUT2D eigenvalue weighted by molar-refractivity contribution is 0.0599.